The Morgan fingerprint density at radius 3 is 0.932 bits per heavy atom. The van der Waals surface area contributed by atoms with Crippen LogP contribution in [-0.4, -0.2) is 209 Å². The quantitative estimate of drug-likeness (QED) is 0.0310. The number of ether oxygens (including phenoxy) is 2. The second kappa shape index (κ2) is 40.0. The molecule has 3 saturated heterocycles. The summed E-state index contributed by atoms with van der Waals surface area (Å²) in [6.45, 7) is 17.4. The maximum Gasteiger partial charge on any atom is 0.254 e. The lowest BCUT2D eigenvalue weighted by molar-refractivity contribution is 0.0705. The standard InChI is InChI=1S/2C31H44N6O2.C31H43N5O4/c2*1-5-6-21(2)33-31-32-19-27-28(20-37(29(27)34-31)25-11-13-26(38)14-12-25)22-15-17-36(18-16-22)30(39)23-7-9-24(10-8-23)35(3)4;1-5-6-20(2)33-31-32-18-27-28(19-36(29(27)34-31)23-7-9-24(37)10-8-23)21-11-13-35(14-12-21)30(38)22-15-25(39-3)17-26(16-22)40-4/h2*7-10,19-22,25-26,38H,5-6,11-18H2,1-4H3,(H,32,33,34);15-21,23-24,37H,5-14H2,1-4H3,(H,32,33,34)/t2*21-,25?,26?;20-,23?,24?/m000/s1. The molecule has 0 radical (unpaired) electrons. The summed E-state index contributed by atoms with van der Waals surface area (Å²) in [5.74, 6) is 4.54. The molecule has 0 unspecified atom stereocenters. The Kier molecular flexibility index (Phi) is 29.2. The molecule has 3 aliphatic heterocycles. The number of aliphatic hydroxyl groups is 3. The number of aromatic nitrogens is 9. The Bertz CT molecular complexity index is 4540. The predicted octanol–water partition coefficient (Wildman–Crippen LogP) is 16.7. The van der Waals surface area contributed by atoms with Crippen LogP contribution >= 0.6 is 0 Å². The maximum atomic E-state index is 13.4. The number of hydrogen-bond acceptors (Lipinski definition) is 19. The lowest BCUT2D eigenvalue weighted by Crippen LogP contribution is -2.37. The Hall–Kier alpha value is -9.59. The van der Waals surface area contributed by atoms with Crippen molar-refractivity contribution < 1.29 is 39.2 Å². The molecule has 6 aromatic heterocycles. The molecule has 15 rings (SSSR count). The first-order valence-electron chi connectivity index (χ1n) is 44.2. The van der Waals surface area contributed by atoms with Crippen molar-refractivity contribution >= 4 is 80.0 Å². The van der Waals surface area contributed by atoms with Gasteiger partial charge in [0.15, 0.2) is 0 Å². The molecule has 9 heterocycles. The van der Waals surface area contributed by atoms with Crippen LogP contribution in [0.15, 0.2) is 104 Å². The monoisotopic (exact) mass is 1610 g/mol. The summed E-state index contributed by atoms with van der Waals surface area (Å²) < 4.78 is 17.8. The van der Waals surface area contributed by atoms with Crippen molar-refractivity contribution in [1.82, 2.24) is 58.3 Å². The van der Waals surface area contributed by atoms with Crippen LogP contribution in [0, 0.1) is 0 Å². The summed E-state index contributed by atoms with van der Waals surface area (Å²) in [7, 11) is 11.2. The number of likely N-dealkylation sites (tertiary alicyclic amines) is 3. The van der Waals surface area contributed by atoms with Crippen LogP contribution in [0.25, 0.3) is 33.1 Å². The average molecular weight is 1620 g/mol. The molecule has 25 heteroatoms. The molecule has 118 heavy (non-hydrogen) atoms. The Morgan fingerprint density at radius 2 is 0.678 bits per heavy atom. The number of carbonyl (C=O) groups excluding carboxylic acids is 3. The number of amides is 3. The fraction of sp³-hybridized carbons (Fsp3) is 0.581. The van der Waals surface area contributed by atoms with Gasteiger partial charge in [-0.3, -0.25) is 14.4 Å². The number of nitrogens with one attached hydrogen (secondary N) is 3. The molecular formula is C93H131N17O8. The van der Waals surface area contributed by atoms with Gasteiger partial charge in [-0.2, -0.15) is 15.0 Å². The third-order valence-corrected chi connectivity index (χ3v) is 25.8. The highest BCUT2D eigenvalue weighted by Gasteiger charge is 2.35. The van der Waals surface area contributed by atoms with Gasteiger partial charge in [0.25, 0.3) is 17.7 Å². The summed E-state index contributed by atoms with van der Waals surface area (Å²) in [5.41, 5.74) is 11.1. The van der Waals surface area contributed by atoms with Crippen molar-refractivity contribution in [2.24, 2.45) is 0 Å². The third kappa shape index (κ3) is 20.8. The van der Waals surface area contributed by atoms with Crippen LogP contribution in [0.3, 0.4) is 0 Å². The molecule has 0 spiro atoms. The van der Waals surface area contributed by atoms with Crippen molar-refractivity contribution in [3.05, 3.63) is 137 Å². The van der Waals surface area contributed by atoms with Crippen LogP contribution in [0.2, 0.25) is 0 Å². The van der Waals surface area contributed by atoms with E-state index in [0.29, 0.717) is 102 Å². The zero-order chi connectivity index (χ0) is 83.3. The Morgan fingerprint density at radius 1 is 0.407 bits per heavy atom. The predicted molar refractivity (Wildman–Crippen MR) is 472 cm³/mol. The van der Waals surface area contributed by atoms with Crippen molar-refractivity contribution in [3.8, 4) is 11.5 Å². The molecule has 3 aliphatic carbocycles. The minimum atomic E-state index is -0.203. The second-order valence-electron chi connectivity index (χ2n) is 34.8. The fourth-order valence-electron chi connectivity index (χ4n) is 18.8. The minimum absolute atomic E-state index is 0.000842. The highest BCUT2D eigenvalue weighted by molar-refractivity contribution is 5.96. The SMILES string of the molecule is CCC[C@H](C)Nc1ncc2c(C3CCN(C(=O)c4cc(OC)cc(OC)c4)CC3)cn(C3CCC(O)CC3)c2n1.CCC[C@H](C)Nc1ncc2c(C3CCN(C(=O)c4ccc(N(C)C)cc4)CC3)cn(C3CCC(O)CC3)c2n1.CCC[C@H](C)Nc1ncc2c(C3CCN(C(=O)c4ccc(N(C)C)cc4)CC3)cn(C3CCC(O)CC3)c2n1. The molecular weight excluding hydrogens is 1480 g/mol. The minimum Gasteiger partial charge on any atom is -0.497 e. The van der Waals surface area contributed by atoms with E-state index in [9.17, 15) is 29.7 Å². The number of benzene rings is 3. The van der Waals surface area contributed by atoms with E-state index in [0.717, 1.165) is 236 Å². The molecule has 3 atom stereocenters. The van der Waals surface area contributed by atoms with E-state index >= 15 is 0 Å². The van der Waals surface area contributed by atoms with Crippen LogP contribution < -0.4 is 35.2 Å². The van der Waals surface area contributed by atoms with Gasteiger partial charge in [-0.05, 0) is 251 Å². The number of fused-ring (bicyclic) bond motifs is 3. The van der Waals surface area contributed by atoms with Crippen LogP contribution in [-0.2, 0) is 0 Å². The summed E-state index contributed by atoms with van der Waals surface area (Å²) in [6.07, 6.45) is 35.0. The van der Waals surface area contributed by atoms with Gasteiger partial charge in [0.2, 0.25) is 17.8 Å². The molecule has 3 saturated carbocycles. The number of piperidine rings is 3. The zero-order valence-corrected chi connectivity index (χ0v) is 72.1. The van der Waals surface area contributed by atoms with Gasteiger partial charge >= 0.3 is 0 Å². The topological polar surface area (TPSA) is 275 Å². The Balaban J connectivity index is 0.000000153. The summed E-state index contributed by atoms with van der Waals surface area (Å²) in [5, 5.41) is 44.1. The molecule has 25 nitrogen and oxygen atoms in total. The van der Waals surface area contributed by atoms with E-state index in [1.54, 1.807) is 32.4 Å². The average Bonchev–Trinajstić information content (AvgIpc) is 1.62. The van der Waals surface area contributed by atoms with E-state index in [1.165, 1.54) is 16.7 Å². The Labute approximate surface area is 698 Å². The van der Waals surface area contributed by atoms with Crippen LogP contribution in [0.1, 0.15) is 279 Å². The number of methoxy groups -OCH3 is 2. The van der Waals surface area contributed by atoms with Gasteiger partial charge in [0.1, 0.15) is 28.4 Å². The number of aliphatic hydroxyl groups excluding tert-OH is 3. The normalized spacial score (nSPS) is 21.1. The smallest absolute Gasteiger partial charge is 0.254 e. The van der Waals surface area contributed by atoms with E-state index in [2.05, 4.69) is 89.8 Å². The lowest BCUT2D eigenvalue weighted by Gasteiger charge is -2.32. The molecule has 6 N–H and O–H groups in total. The summed E-state index contributed by atoms with van der Waals surface area (Å²) in [6, 6.07) is 23.0. The highest BCUT2D eigenvalue weighted by atomic mass is 16.5. The molecule has 9 aromatic rings. The first-order valence-corrected chi connectivity index (χ1v) is 44.2. The first kappa shape index (κ1) is 86.3. The van der Waals surface area contributed by atoms with Gasteiger partial charge in [0, 0.05) is 191 Å². The number of nitrogens with zero attached hydrogens (tertiary/aromatic N) is 14. The first-order chi connectivity index (χ1) is 57.1. The lowest BCUT2D eigenvalue weighted by atomic mass is 9.89. The molecule has 0 bridgehead atoms. The van der Waals surface area contributed by atoms with Crippen LogP contribution in [0.4, 0.5) is 29.2 Å². The molecule has 3 amide bonds. The highest BCUT2D eigenvalue weighted by Crippen LogP contribution is 2.44. The molecule has 6 aliphatic rings. The number of carbonyl (C=O) groups is 3. The van der Waals surface area contributed by atoms with Crippen molar-refractivity contribution in [2.45, 2.75) is 268 Å². The van der Waals surface area contributed by atoms with E-state index in [1.807, 2.05) is 120 Å². The largest absolute Gasteiger partial charge is 0.497 e. The summed E-state index contributed by atoms with van der Waals surface area (Å²) >= 11 is 0. The number of anilines is 5. The number of rotatable bonds is 25. The van der Waals surface area contributed by atoms with Gasteiger partial charge in [-0.15, -0.1) is 0 Å². The van der Waals surface area contributed by atoms with Crippen LogP contribution in [0.5, 0.6) is 11.5 Å². The summed E-state index contributed by atoms with van der Waals surface area (Å²) in [4.78, 5) is 79.0. The molecule has 3 aromatic carbocycles. The second-order valence-corrected chi connectivity index (χ2v) is 34.8. The van der Waals surface area contributed by atoms with Crippen molar-refractivity contribution in [3.63, 3.8) is 0 Å². The van der Waals surface area contributed by atoms with E-state index in [4.69, 9.17) is 39.4 Å². The van der Waals surface area contributed by atoms with E-state index in [-0.39, 0.29) is 36.0 Å². The third-order valence-electron chi connectivity index (χ3n) is 25.8. The van der Waals surface area contributed by atoms with E-state index < -0.39 is 0 Å². The van der Waals surface area contributed by atoms with Gasteiger partial charge in [-0.1, -0.05) is 40.0 Å². The van der Waals surface area contributed by atoms with Gasteiger partial charge in [0.05, 0.1) is 32.5 Å². The van der Waals surface area contributed by atoms with Crippen molar-refractivity contribution in [1.29, 1.82) is 0 Å². The number of hydrogen-bond donors (Lipinski definition) is 6. The molecule has 636 valence electrons. The maximum absolute atomic E-state index is 13.4. The fourth-order valence-corrected chi connectivity index (χ4v) is 18.8. The van der Waals surface area contributed by atoms with Gasteiger partial charge in [-0.25, -0.2) is 15.0 Å². The van der Waals surface area contributed by atoms with Gasteiger partial charge < -0.3 is 78.9 Å². The zero-order valence-electron chi connectivity index (χ0n) is 72.1. The van der Waals surface area contributed by atoms with Crippen molar-refractivity contribution in [2.75, 3.05) is 107 Å². The molecule has 6 fully saturated rings.